The SMILES string of the molecule is c1ccc(-c2cnc(-n3c4ccc(-c5ccccc5)cc4c4cc(-c5ccc6oc7ccccc7c6c5)ccc43)nc2)cc1. The van der Waals surface area contributed by atoms with Crippen LogP contribution in [0.25, 0.3) is 83.1 Å². The van der Waals surface area contributed by atoms with Gasteiger partial charge in [-0.2, -0.15) is 0 Å². The maximum Gasteiger partial charge on any atom is 0.234 e. The molecule has 0 aliphatic heterocycles. The zero-order valence-electron chi connectivity index (χ0n) is 23.7. The third-order valence-electron chi connectivity index (χ3n) is 8.53. The third kappa shape index (κ3) is 3.92. The Hall–Kier alpha value is -6.00. The van der Waals surface area contributed by atoms with E-state index in [1.165, 1.54) is 11.1 Å². The second kappa shape index (κ2) is 9.79. The lowest BCUT2D eigenvalue weighted by Crippen LogP contribution is -2.00. The number of para-hydroxylation sites is 1. The van der Waals surface area contributed by atoms with Gasteiger partial charge in [-0.05, 0) is 70.3 Å². The minimum atomic E-state index is 0.649. The van der Waals surface area contributed by atoms with Crippen LogP contribution in [0.2, 0.25) is 0 Å². The highest BCUT2D eigenvalue weighted by molar-refractivity contribution is 6.12. The molecule has 206 valence electrons. The first kappa shape index (κ1) is 24.6. The summed E-state index contributed by atoms with van der Waals surface area (Å²) < 4.78 is 8.27. The molecule has 0 aliphatic rings. The molecule has 4 heteroatoms. The molecule has 0 bridgehead atoms. The minimum Gasteiger partial charge on any atom is -0.456 e. The molecule has 0 spiro atoms. The summed E-state index contributed by atoms with van der Waals surface area (Å²) >= 11 is 0. The second-order valence-corrected chi connectivity index (χ2v) is 11.1. The summed E-state index contributed by atoms with van der Waals surface area (Å²) in [5.41, 5.74) is 10.7. The Morgan fingerprint density at radius 2 is 0.886 bits per heavy atom. The van der Waals surface area contributed by atoms with Crippen molar-refractivity contribution >= 4 is 43.7 Å². The van der Waals surface area contributed by atoms with Crippen molar-refractivity contribution in [3.63, 3.8) is 0 Å². The number of aromatic nitrogens is 3. The highest BCUT2D eigenvalue weighted by Gasteiger charge is 2.17. The molecule has 0 aliphatic carbocycles. The van der Waals surface area contributed by atoms with Gasteiger partial charge >= 0.3 is 0 Å². The minimum absolute atomic E-state index is 0.649. The van der Waals surface area contributed by atoms with Crippen LogP contribution in [0.15, 0.2) is 156 Å². The molecule has 0 atom stereocenters. The van der Waals surface area contributed by atoms with Crippen molar-refractivity contribution in [3.05, 3.63) is 152 Å². The Balaban J connectivity index is 1.25. The summed E-state index contributed by atoms with van der Waals surface area (Å²) in [6.45, 7) is 0. The van der Waals surface area contributed by atoms with Gasteiger partial charge in [-0.1, -0.05) is 97.1 Å². The first-order valence-electron chi connectivity index (χ1n) is 14.7. The van der Waals surface area contributed by atoms with Crippen LogP contribution in [-0.2, 0) is 0 Å². The summed E-state index contributed by atoms with van der Waals surface area (Å²) in [6.07, 6.45) is 3.82. The number of fused-ring (bicyclic) bond motifs is 6. The molecule has 9 rings (SSSR count). The Bertz CT molecular complexity index is 2470. The van der Waals surface area contributed by atoms with Crippen molar-refractivity contribution in [1.29, 1.82) is 0 Å². The quantitative estimate of drug-likeness (QED) is 0.214. The van der Waals surface area contributed by atoms with Gasteiger partial charge in [-0.25, -0.2) is 9.97 Å². The van der Waals surface area contributed by atoms with E-state index in [1.807, 2.05) is 42.7 Å². The average Bonchev–Trinajstić information content (AvgIpc) is 3.64. The highest BCUT2D eigenvalue weighted by atomic mass is 16.3. The molecule has 0 saturated heterocycles. The van der Waals surface area contributed by atoms with Crippen molar-refractivity contribution in [2.24, 2.45) is 0 Å². The van der Waals surface area contributed by atoms with E-state index in [0.717, 1.165) is 66.0 Å². The number of benzene rings is 6. The Kier molecular flexibility index (Phi) is 5.47. The van der Waals surface area contributed by atoms with Crippen LogP contribution in [0.1, 0.15) is 0 Å². The Morgan fingerprint density at radius 3 is 1.55 bits per heavy atom. The molecule has 9 aromatic rings. The van der Waals surface area contributed by atoms with Gasteiger partial charge in [0.1, 0.15) is 11.2 Å². The normalized spacial score (nSPS) is 11.6. The van der Waals surface area contributed by atoms with Gasteiger partial charge in [0.2, 0.25) is 5.95 Å². The van der Waals surface area contributed by atoms with Crippen LogP contribution in [0.5, 0.6) is 0 Å². The van der Waals surface area contributed by atoms with Crippen LogP contribution >= 0.6 is 0 Å². The Labute approximate surface area is 253 Å². The van der Waals surface area contributed by atoms with E-state index in [9.17, 15) is 0 Å². The number of hydrogen-bond acceptors (Lipinski definition) is 3. The molecule has 4 nitrogen and oxygen atoms in total. The summed E-state index contributed by atoms with van der Waals surface area (Å²) in [7, 11) is 0. The van der Waals surface area contributed by atoms with E-state index in [0.29, 0.717) is 5.95 Å². The molecule has 0 unspecified atom stereocenters. The summed E-state index contributed by atoms with van der Waals surface area (Å²) in [5, 5.41) is 4.57. The predicted molar refractivity (Wildman–Crippen MR) is 180 cm³/mol. The van der Waals surface area contributed by atoms with Crippen molar-refractivity contribution in [2.75, 3.05) is 0 Å². The fraction of sp³-hybridized carbons (Fsp3) is 0. The van der Waals surface area contributed by atoms with E-state index in [1.54, 1.807) is 0 Å². The first-order chi connectivity index (χ1) is 21.8. The van der Waals surface area contributed by atoms with Crippen LogP contribution < -0.4 is 0 Å². The van der Waals surface area contributed by atoms with Gasteiger partial charge in [0.05, 0.1) is 11.0 Å². The second-order valence-electron chi connectivity index (χ2n) is 11.1. The zero-order valence-corrected chi connectivity index (χ0v) is 23.7. The number of hydrogen-bond donors (Lipinski definition) is 0. The molecule has 0 saturated carbocycles. The van der Waals surface area contributed by atoms with Crippen LogP contribution in [0.3, 0.4) is 0 Å². The van der Waals surface area contributed by atoms with Gasteiger partial charge in [0, 0.05) is 39.5 Å². The standard InChI is InChI=1S/C40H25N3O/c1-3-9-26(10-4-1)28-15-18-36-33(21-28)34-22-29(30-17-20-39-35(23-30)32-13-7-8-14-38(32)44-39)16-19-37(34)43(36)40-41-24-31(25-42-40)27-11-5-2-6-12-27/h1-25H. The van der Waals surface area contributed by atoms with E-state index in [-0.39, 0.29) is 0 Å². The molecule has 3 heterocycles. The molecule has 0 amide bonds. The number of rotatable bonds is 4. The lowest BCUT2D eigenvalue weighted by atomic mass is 9.99. The monoisotopic (exact) mass is 563 g/mol. The van der Waals surface area contributed by atoms with Crippen LogP contribution in [0, 0.1) is 0 Å². The van der Waals surface area contributed by atoms with Crippen molar-refractivity contribution in [2.45, 2.75) is 0 Å². The van der Waals surface area contributed by atoms with Crippen molar-refractivity contribution in [3.8, 4) is 39.3 Å². The highest BCUT2D eigenvalue weighted by Crippen LogP contribution is 2.38. The molecular weight excluding hydrogens is 538 g/mol. The molecule has 3 aromatic heterocycles. The smallest absolute Gasteiger partial charge is 0.234 e. The van der Waals surface area contributed by atoms with E-state index < -0.39 is 0 Å². The number of furan rings is 1. The summed E-state index contributed by atoms with van der Waals surface area (Å²) in [5.74, 6) is 0.649. The van der Waals surface area contributed by atoms with E-state index in [2.05, 4.69) is 114 Å². The maximum absolute atomic E-state index is 6.10. The summed E-state index contributed by atoms with van der Waals surface area (Å²) in [6, 6.07) is 48.8. The van der Waals surface area contributed by atoms with Crippen molar-refractivity contribution < 1.29 is 4.42 Å². The van der Waals surface area contributed by atoms with Gasteiger partial charge in [0.25, 0.3) is 0 Å². The summed E-state index contributed by atoms with van der Waals surface area (Å²) in [4.78, 5) is 9.72. The third-order valence-corrected chi connectivity index (χ3v) is 8.53. The lowest BCUT2D eigenvalue weighted by molar-refractivity contribution is 0.669. The molecule has 44 heavy (non-hydrogen) atoms. The van der Waals surface area contributed by atoms with Crippen molar-refractivity contribution in [1.82, 2.24) is 14.5 Å². The lowest BCUT2D eigenvalue weighted by Gasteiger charge is -2.08. The average molecular weight is 564 g/mol. The van der Waals surface area contributed by atoms with Crippen LogP contribution in [-0.4, -0.2) is 14.5 Å². The Morgan fingerprint density at radius 1 is 0.386 bits per heavy atom. The fourth-order valence-corrected chi connectivity index (χ4v) is 6.35. The van der Waals surface area contributed by atoms with Crippen LogP contribution in [0.4, 0.5) is 0 Å². The topological polar surface area (TPSA) is 43.9 Å². The maximum atomic E-state index is 6.10. The number of nitrogens with zero attached hydrogens (tertiary/aromatic N) is 3. The molecule has 0 N–H and O–H groups in total. The van der Waals surface area contributed by atoms with Gasteiger partial charge < -0.3 is 4.42 Å². The van der Waals surface area contributed by atoms with Gasteiger partial charge in [0.15, 0.2) is 0 Å². The van der Waals surface area contributed by atoms with E-state index >= 15 is 0 Å². The molecule has 0 radical (unpaired) electrons. The first-order valence-corrected chi connectivity index (χ1v) is 14.7. The van der Waals surface area contributed by atoms with E-state index in [4.69, 9.17) is 14.4 Å². The largest absolute Gasteiger partial charge is 0.456 e. The molecular formula is C40H25N3O. The van der Waals surface area contributed by atoms with Gasteiger partial charge in [-0.3, -0.25) is 4.57 Å². The fourth-order valence-electron chi connectivity index (χ4n) is 6.35. The van der Waals surface area contributed by atoms with Gasteiger partial charge in [-0.15, -0.1) is 0 Å². The molecule has 0 fully saturated rings. The predicted octanol–water partition coefficient (Wildman–Crippen LogP) is 10.5. The molecule has 6 aromatic carbocycles. The zero-order chi connectivity index (χ0) is 29.0.